The first-order chi connectivity index (χ1) is 9.75. The molecule has 6 heteroatoms. The molecule has 100 valence electrons. The zero-order chi connectivity index (χ0) is 13.9. The number of carbonyl (C=O) groups excluding carboxylic acids is 1. The van der Waals surface area contributed by atoms with Gasteiger partial charge in [0, 0.05) is 18.6 Å². The van der Waals surface area contributed by atoms with E-state index in [4.69, 9.17) is 0 Å². The smallest absolute Gasteiger partial charge is 0.273 e. The fraction of sp³-hybridized carbons (Fsp3) is 0.143. The molecule has 0 aliphatic carbocycles. The fourth-order valence-corrected chi connectivity index (χ4v) is 2.00. The molecule has 3 rings (SSSR count). The van der Waals surface area contributed by atoms with Crippen LogP contribution in [0.25, 0.3) is 10.9 Å². The van der Waals surface area contributed by atoms with E-state index >= 15 is 0 Å². The van der Waals surface area contributed by atoms with E-state index in [0.717, 1.165) is 11.2 Å². The van der Waals surface area contributed by atoms with Gasteiger partial charge in [0.25, 0.3) is 5.91 Å². The van der Waals surface area contributed by atoms with Crippen LogP contribution in [0.5, 0.6) is 0 Å². The predicted molar refractivity (Wildman–Crippen MR) is 74.0 cm³/mol. The highest BCUT2D eigenvalue weighted by Crippen LogP contribution is 2.15. The Bertz CT molecular complexity index is 737. The number of pyridine rings is 2. The molecule has 0 aromatic carbocycles. The molecule has 0 saturated heterocycles. The number of amides is 1. The Kier molecular flexibility index (Phi) is 3.12. The third-order valence-electron chi connectivity index (χ3n) is 3.06. The maximum Gasteiger partial charge on any atom is 0.273 e. The van der Waals surface area contributed by atoms with Crippen LogP contribution in [0.2, 0.25) is 0 Å². The van der Waals surface area contributed by atoms with Crippen LogP contribution in [-0.2, 0) is 0 Å². The van der Waals surface area contributed by atoms with Crippen LogP contribution in [0, 0.1) is 0 Å². The van der Waals surface area contributed by atoms with Crippen LogP contribution in [0.15, 0.2) is 42.9 Å². The van der Waals surface area contributed by atoms with Crippen LogP contribution in [-0.4, -0.2) is 26.1 Å². The Morgan fingerprint density at radius 2 is 2.20 bits per heavy atom. The van der Waals surface area contributed by atoms with Crippen molar-refractivity contribution in [1.82, 2.24) is 25.5 Å². The molecule has 1 atom stereocenters. The molecule has 2 N–H and O–H groups in total. The van der Waals surface area contributed by atoms with Gasteiger partial charge in [0.15, 0.2) is 5.69 Å². The molecule has 0 saturated carbocycles. The van der Waals surface area contributed by atoms with Gasteiger partial charge < -0.3 is 5.32 Å². The summed E-state index contributed by atoms with van der Waals surface area (Å²) in [6.07, 6.45) is 4.98. The van der Waals surface area contributed by atoms with Crippen molar-refractivity contribution in [2.24, 2.45) is 0 Å². The minimum atomic E-state index is -0.248. The Balaban J connectivity index is 1.83. The first-order valence-corrected chi connectivity index (χ1v) is 6.25. The zero-order valence-corrected chi connectivity index (χ0v) is 10.9. The van der Waals surface area contributed by atoms with Crippen molar-refractivity contribution < 1.29 is 4.79 Å². The minimum absolute atomic E-state index is 0.188. The van der Waals surface area contributed by atoms with Crippen LogP contribution in [0.4, 0.5) is 0 Å². The molecule has 0 aliphatic rings. The average molecular weight is 267 g/mol. The normalized spacial score (nSPS) is 12.2. The molecule has 3 aromatic heterocycles. The number of hydrogen-bond donors (Lipinski definition) is 2. The highest BCUT2D eigenvalue weighted by molar-refractivity contribution is 6.04. The number of hydrogen-bond acceptors (Lipinski definition) is 4. The molecule has 3 heterocycles. The van der Waals surface area contributed by atoms with Gasteiger partial charge in [0.1, 0.15) is 0 Å². The van der Waals surface area contributed by atoms with Crippen molar-refractivity contribution in [3.05, 3.63) is 54.2 Å². The molecule has 0 unspecified atom stereocenters. The van der Waals surface area contributed by atoms with Gasteiger partial charge in [0.2, 0.25) is 0 Å². The van der Waals surface area contributed by atoms with Gasteiger partial charge in [-0.05, 0) is 25.1 Å². The molecule has 6 nitrogen and oxygen atoms in total. The summed E-state index contributed by atoms with van der Waals surface area (Å²) < 4.78 is 0. The summed E-state index contributed by atoms with van der Waals surface area (Å²) in [6, 6.07) is 7.19. The fourth-order valence-electron chi connectivity index (χ4n) is 2.00. The van der Waals surface area contributed by atoms with E-state index in [1.54, 1.807) is 24.7 Å². The maximum absolute atomic E-state index is 12.3. The Hall–Kier alpha value is -2.76. The monoisotopic (exact) mass is 267 g/mol. The zero-order valence-electron chi connectivity index (χ0n) is 10.9. The molecule has 0 bridgehead atoms. The molecule has 1 amide bonds. The average Bonchev–Trinajstić information content (AvgIpc) is 2.92. The van der Waals surface area contributed by atoms with E-state index in [9.17, 15) is 4.79 Å². The van der Waals surface area contributed by atoms with Crippen LogP contribution in [0.1, 0.15) is 29.1 Å². The maximum atomic E-state index is 12.3. The van der Waals surface area contributed by atoms with Crippen molar-refractivity contribution in [1.29, 1.82) is 0 Å². The molecule has 0 aliphatic heterocycles. The summed E-state index contributed by atoms with van der Waals surface area (Å²) in [5.41, 5.74) is 1.94. The van der Waals surface area contributed by atoms with Crippen molar-refractivity contribution in [2.75, 3.05) is 0 Å². The number of H-pyrrole nitrogens is 1. The number of nitrogens with zero attached hydrogens (tertiary/aromatic N) is 3. The van der Waals surface area contributed by atoms with E-state index in [2.05, 4.69) is 25.5 Å². The van der Waals surface area contributed by atoms with Gasteiger partial charge in [-0.3, -0.25) is 19.9 Å². The molecule has 0 radical (unpaired) electrons. The van der Waals surface area contributed by atoms with E-state index in [0.29, 0.717) is 11.1 Å². The van der Waals surface area contributed by atoms with Crippen molar-refractivity contribution in [3.8, 4) is 0 Å². The number of aromatic nitrogens is 4. The van der Waals surface area contributed by atoms with Gasteiger partial charge in [-0.1, -0.05) is 6.07 Å². The lowest BCUT2D eigenvalue weighted by atomic mass is 10.2. The lowest BCUT2D eigenvalue weighted by Gasteiger charge is -2.12. The first-order valence-electron chi connectivity index (χ1n) is 6.25. The van der Waals surface area contributed by atoms with Gasteiger partial charge >= 0.3 is 0 Å². The summed E-state index contributed by atoms with van der Waals surface area (Å²) in [5, 5.41) is 10.4. The minimum Gasteiger partial charge on any atom is -0.343 e. The summed E-state index contributed by atoms with van der Waals surface area (Å²) in [4.78, 5) is 20.5. The third kappa shape index (κ3) is 2.23. The molecule has 20 heavy (non-hydrogen) atoms. The van der Waals surface area contributed by atoms with Crippen LogP contribution in [0.3, 0.4) is 0 Å². The van der Waals surface area contributed by atoms with E-state index < -0.39 is 0 Å². The van der Waals surface area contributed by atoms with Crippen molar-refractivity contribution in [2.45, 2.75) is 13.0 Å². The second-order valence-corrected chi connectivity index (χ2v) is 4.44. The number of nitrogens with one attached hydrogen (secondary N) is 2. The highest BCUT2D eigenvalue weighted by Gasteiger charge is 2.17. The number of aromatic amines is 1. The topological polar surface area (TPSA) is 83.6 Å². The van der Waals surface area contributed by atoms with E-state index in [1.165, 1.54) is 0 Å². The predicted octanol–water partition coefficient (Wildman–Crippen LogP) is 1.84. The van der Waals surface area contributed by atoms with Gasteiger partial charge in [-0.2, -0.15) is 5.10 Å². The third-order valence-corrected chi connectivity index (χ3v) is 3.06. The Morgan fingerprint density at radius 1 is 1.30 bits per heavy atom. The lowest BCUT2D eigenvalue weighted by Crippen LogP contribution is -2.27. The number of carbonyl (C=O) groups is 1. The SMILES string of the molecule is C[C@@H](NC(=O)c1n[nH]c2ccncc12)c1ccccn1. The summed E-state index contributed by atoms with van der Waals surface area (Å²) >= 11 is 0. The molecule has 0 fully saturated rings. The van der Waals surface area contributed by atoms with Crippen LogP contribution < -0.4 is 5.32 Å². The molecular weight excluding hydrogens is 254 g/mol. The molecule has 0 spiro atoms. The summed E-state index contributed by atoms with van der Waals surface area (Å²) in [5.74, 6) is -0.248. The number of rotatable bonds is 3. The van der Waals surface area contributed by atoms with Gasteiger partial charge in [0.05, 0.1) is 22.6 Å². The molecular formula is C14H13N5O. The largest absolute Gasteiger partial charge is 0.343 e. The first kappa shape index (κ1) is 12.3. The van der Waals surface area contributed by atoms with Crippen molar-refractivity contribution >= 4 is 16.8 Å². The second kappa shape index (κ2) is 5.08. The van der Waals surface area contributed by atoms with Crippen LogP contribution >= 0.6 is 0 Å². The van der Waals surface area contributed by atoms with E-state index in [1.807, 2.05) is 25.1 Å². The Morgan fingerprint density at radius 3 is 3.00 bits per heavy atom. The standard InChI is InChI=1S/C14H13N5O/c1-9(11-4-2-3-6-16-11)17-14(20)13-10-8-15-7-5-12(10)18-19-13/h2-9H,1H3,(H,17,20)(H,18,19)/t9-/m1/s1. The van der Waals surface area contributed by atoms with Gasteiger partial charge in [-0.15, -0.1) is 0 Å². The summed E-state index contributed by atoms with van der Waals surface area (Å²) in [7, 11) is 0. The quantitative estimate of drug-likeness (QED) is 0.758. The van der Waals surface area contributed by atoms with Gasteiger partial charge in [-0.25, -0.2) is 0 Å². The lowest BCUT2D eigenvalue weighted by molar-refractivity contribution is 0.0935. The second-order valence-electron chi connectivity index (χ2n) is 4.44. The Labute approximate surface area is 115 Å². The summed E-state index contributed by atoms with van der Waals surface area (Å²) in [6.45, 7) is 1.88. The molecule has 3 aromatic rings. The number of fused-ring (bicyclic) bond motifs is 1. The van der Waals surface area contributed by atoms with Crippen molar-refractivity contribution in [3.63, 3.8) is 0 Å². The highest BCUT2D eigenvalue weighted by atomic mass is 16.2. The van der Waals surface area contributed by atoms with E-state index in [-0.39, 0.29) is 11.9 Å².